The Morgan fingerprint density at radius 3 is 1.04 bits per heavy atom. The number of hydrogen-bond acceptors (Lipinski definition) is 2. The highest BCUT2D eigenvalue weighted by Gasteiger charge is 2.09. The first-order valence-corrected chi connectivity index (χ1v) is 18.9. The average molecular weight is 717 g/mol. The molecule has 2 aromatic heterocycles. The summed E-state index contributed by atoms with van der Waals surface area (Å²) in [5.41, 5.74) is 15.6. The molecule has 0 aliphatic rings. The van der Waals surface area contributed by atoms with Crippen molar-refractivity contribution in [1.29, 1.82) is 0 Å². The SMILES string of the molecule is C(=Cc1ccccc1/C=C(\c1ccccc1)c1ccccn1)c1ccc(-c2ccc(C=Cc3ccccc3/C=C(\c3ccccc3)c3ccccn3)cc2)cc1. The average Bonchev–Trinajstić information content (AvgIpc) is 3.28. The summed E-state index contributed by atoms with van der Waals surface area (Å²) < 4.78 is 0. The molecule has 2 nitrogen and oxygen atoms in total. The van der Waals surface area contributed by atoms with Gasteiger partial charge in [-0.2, -0.15) is 0 Å². The molecular weight excluding hydrogens is 677 g/mol. The minimum Gasteiger partial charge on any atom is -0.256 e. The van der Waals surface area contributed by atoms with E-state index in [1.165, 1.54) is 11.1 Å². The largest absolute Gasteiger partial charge is 0.256 e. The van der Waals surface area contributed by atoms with Crippen LogP contribution >= 0.6 is 0 Å². The zero-order valence-electron chi connectivity index (χ0n) is 31.0. The Morgan fingerprint density at radius 1 is 0.304 bits per heavy atom. The van der Waals surface area contributed by atoms with E-state index in [4.69, 9.17) is 0 Å². The third kappa shape index (κ3) is 8.85. The highest BCUT2D eigenvalue weighted by Crippen LogP contribution is 2.29. The first-order valence-electron chi connectivity index (χ1n) is 18.9. The van der Waals surface area contributed by atoms with Gasteiger partial charge in [0.15, 0.2) is 0 Å². The molecule has 0 aliphatic heterocycles. The molecule has 0 unspecified atom stereocenters. The van der Waals surface area contributed by atoms with Crippen LogP contribution in [0.3, 0.4) is 0 Å². The zero-order valence-corrected chi connectivity index (χ0v) is 31.0. The van der Waals surface area contributed by atoms with E-state index in [9.17, 15) is 0 Å². The second-order valence-corrected chi connectivity index (χ2v) is 13.4. The fraction of sp³-hybridized carbons (Fsp3) is 0. The molecule has 56 heavy (non-hydrogen) atoms. The van der Waals surface area contributed by atoms with Crippen LogP contribution in [0.2, 0.25) is 0 Å². The molecule has 0 fully saturated rings. The quantitative estimate of drug-likeness (QED) is 0.125. The lowest BCUT2D eigenvalue weighted by atomic mass is 9.96. The molecule has 0 radical (unpaired) electrons. The lowest BCUT2D eigenvalue weighted by molar-refractivity contribution is 1.27. The third-order valence-electron chi connectivity index (χ3n) is 9.71. The van der Waals surface area contributed by atoms with Crippen LogP contribution < -0.4 is 0 Å². The molecule has 8 rings (SSSR count). The molecule has 2 heteroatoms. The Kier molecular flexibility index (Phi) is 11.2. The van der Waals surface area contributed by atoms with Gasteiger partial charge < -0.3 is 0 Å². The smallest absolute Gasteiger partial charge is 0.0708 e. The van der Waals surface area contributed by atoms with Crippen LogP contribution in [0.1, 0.15) is 55.9 Å². The number of hydrogen-bond donors (Lipinski definition) is 0. The van der Waals surface area contributed by atoms with Gasteiger partial charge >= 0.3 is 0 Å². The van der Waals surface area contributed by atoms with Gasteiger partial charge in [0.1, 0.15) is 0 Å². The fourth-order valence-electron chi connectivity index (χ4n) is 6.73. The molecule has 2 heterocycles. The van der Waals surface area contributed by atoms with Crippen LogP contribution in [0.4, 0.5) is 0 Å². The molecule has 0 N–H and O–H groups in total. The predicted octanol–water partition coefficient (Wildman–Crippen LogP) is 13.7. The molecule has 0 saturated heterocycles. The molecule has 266 valence electrons. The molecule has 0 saturated carbocycles. The van der Waals surface area contributed by atoms with Crippen molar-refractivity contribution in [3.63, 3.8) is 0 Å². The fourth-order valence-corrected chi connectivity index (χ4v) is 6.73. The summed E-state index contributed by atoms with van der Waals surface area (Å²) in [4.78, 5) is 9.34. The van der Waals surface area contributed by atoms with E-state index in [-0.39, 0.29) is 0 Å². The Balaban J connectivity index is 0.984. The Hall–Kier alpha value is -7.42. The zero-order chi connectivity index (χ0) is 37.8. The first kappa shape index (κ1) is 35.6. The Morgan fingerprint density at radius 2 is 0.661 bits per heavy atom. The summed E-state index contributed by atoms with van der Waals surface area (Å²) in [5.74, 6) is 0. The van der Waals surface area contributed by atoms with E-state index < -0.39 is 0 Å². The summed E-state index contributed by atoms with van der Waals surface area (Å²) in [6.45, 7) is 0. The summed E-state index contributed by atoms with van der Waals surface area (Å²) in [6.07, 6.45) is 16.9. The van der Waals surface area contributed by atoms with Crippen molar-refractivity contribution in [2.75, 3.05) is 0 Å². The van der Waals surface area contributed by atoms with E-state index >= 15 is 0 Å². The van der Waals surface area contributed by atoms with Gasteiger partial charge in [-0.3, -0.25) is 9.97 Å². The van der Waals surface area contributed by atoms with Gasteiger partial charge in [-0.1, -0.05) is 194 Å². The highest BCUT2D eigenvalue weighted by atomic mass is 14.7. The van der Waals surface area contributed by atoms with Crippen LogP contribution in [0.15, 0.2) is 207 Å². The molecule has 0 spiro atoms. The standard InChI is InChI=1S/C54H40N2/c1-3-17-47(18-4-1)51(53-23-11-13-37-55-53)39-49-21-9-7-15-43(49)31-25-41-27-33-45(34-28-41)46-35-29-42(30-36-46)26-32-44-16-8-10-22-50(44)40-52(48-19-5-2-6-20-48)54-24-12-14-38-56-54/h1-40H/b31-25?,32-26?,51-39+,52-40+. The number of pyridine rings is 2. The van der Waals surface area contributed by atoms with Gasteiger partial charge in [0.05, 0.1) is 11.4 Å². The summed E-state index contributed by atoms with van der Waals surface area (Å²) in [5, 5.41) is 0. The van der Waals surface area contributed by atoms with E-state index in [2.05, 4.69) is 204 Å². The number of aromatic nitrogens is 2. The van der Waals surface area contributed by atoms with Gasteiger partial charge in [-0.05, 0) is 92.1 Å². The van der Waals surface area contributed by atoms with Crippen molar-refractivity contribution in [2.24, 2.45) is 0 Å². The van der Waals surface area contributed by atoms with Crippen molar-refractivity contribution in [2.45, 2.75) is 0 Å². The van der Waals surface area contributed by atoms with Crippen molar-refractivity contribution in [1.82, 2.24) is 9.97 Å². The van der Waals surface area contributed by atoms with Gasteiger partial charge in [-0.25, -0.2) is 0 Å². The molecular formula is C54H40N2. The van der Waals surface area contributed by atoms with E-state index in [1.54, 1.807) is 0 Å². The summed E-state index contributed by atoms with van der Waals surface area (Å²) >= 11 is 0. The van der Waals surface area contributed by atoms with Gasteiger partial charge in [0, 0.05) is 23.5 Å². The summed E-state index contributed by atoms with van der Waals surface area (Å²) in [6, 6.07) is 67.5. The maximum Gasteiger partial charge on any atom is 0.0708 e. The van der Waals surface area contributed by atoms with Gasteiger partial charge in [0.25, 0.3) is 0 Å². The number of benzene rings is 6. The van der Waals surface area contributed by atoms with Crippen LogP contribution in [-0.2, 0) is 0 Å². The Bertz CT molecular complexity index is 2350. The van der Waals surface area contributed by atoms with E-state index in [0.717, 1.165) is 67.0 Å². The molecule has 8 aromatic rings. The molecule has 0 atom stereocenters. The van der Waals surface area contributed by atoms with Crippen LogP contribution in [0, 0.1) is 0 Å². The minimum absolute atomic E-state index is 0.949. The van der Waals surface area contributed by atoms with Crippen molar-refractivity contribution in [3.05, 3.63) is 262 Å². The normalized spacial score (nSPS) is 12.0. The monoisotopic (exact) mass is 716 g/mol. The number of rotatable bonds is 11. The van der Waals surface area contributed by atoms with Crippen LogP contribution in [-0.4, -0.2) is 9.97 Å². The van der Waals surface area contributed by atoms with Crippen LogP contribution in [0.25, 0.3) is 58.7 Å². The lowest BCUT2D eigenvalue weighted by Gasteiger charge is -2.09. The second-order valence-electron chi connectivity index (χ2n) is 13.4. The van der Waals surface area contributed by atoms with E-state index in [1.807, 2.05) is 48.8 Å². The Labute approximate surface area is 329 Å². The van der Waals surface area contributed by atoms with Crippen molar-refractivity contribution >= 4 is 47.6 Å². The highest BCUT2D eigenvalue weighted by molar-refractivity contribution is 5.93. The van der Waals surface area contributed by atoms with Gasteiger partial charge in [0.2, 0.25) is 0 Å². The topological polar surface area (TPSA) is 25.8 Å². The second kappa shape index (κ2) is 17.6. The molecule has 0 amide bonds. The van der Waals surface area contributed by atoms with E-state index in [0.29, 0.717) is 0 Å². The first-order chi connectivity index (χ1) is 27.8. The maximum absolute atomic E-state index is 4.67. The molecule has 0 aliphatic carbocycles. The maximum atomic E-state index is 4.67. The number of nitrogens with zero attached hydrogens (tertiary/aromatic N) is 2. The lowest BCUT2D eigenvalue weighted by Crippen LogP contribution is -1.92. The summed E-state index contributed by atoms with van der Waals surface area (Å²) in [7, 11) is 0. The minimum atomic E-state index is 0.949. The van der Waals surface area contributed by atoms with Crippen molar-refractivity contribution < 1.29 is 0 Å². The van der Waals surface area contributed by atoms with Crippen LogP contribution in [0.5, 0.6) is 0 Å². The van der Waals surface area contributed by atoms with Gasteiger partial charge in [-0.15, -0.1) is 0 Å². The van der Waals surface area contributed by atoms with Crippen molar-refractivity contribution in [3.8, 4) is 11.1 Å². The predicted molar refractivity (Wildman–Crippen MR) is 238 cm³/mol. The third-order valence-corrected chi connectivity index (χ3v) is 9.71. The molecule has 6 aromatic carbocycles. The molecule has 0 bridgehead atoms.